The molecule has 1 N–H and O–H groups in total. The van der Waals surface area contributed by atoms with E-state index in [0.717, 1.165) is 11.1 Å². The SMILES string of the molecule is CCO[C@@H]1C=C[C@H](O)[C@@H](COCc2ccccc2)N1C(=O)OCc1ccccc1. The van der Waals surface area contributed by atoms with Crippen LogP contribution in [0.4, 0.5) is 4.79 Å². The molecule has 1 aliphatic heterocycles. The third-order valence-electron chi connectivity index (χ3n) is 4.65. The van der Waals surface area contributed by atoms with Crippen LogP contribution in [-0.2, 0) is 27.4 Å². The lowest BCUT2D eigenvalue weighted by Crippen LogP contribution is -2.56. The Morgan fingerprint density at radius 3 is 2.21 bits per heavy atom. The van der Waals surface area contributed by atoms with E-state index in [2.05, 4.69) is 0 Å². The summed E-state index contributed by atoms with van der Waals surface area (Å²) < 4.78 is 17.0. The van der Waals surface area contributed by atoms with Crippen LogP contribution < -0.4 is 0 Å². The van der Waals surface area contributed by atoms with Gasteiger partial charge in [0, 0.05) is 6.61 Å². The third kappa shape index (κ3) is 5.90. The van der Waals surface area contributed by atoms with Gasteiger partial charge in [0.05, 0.1) is 25.4 Å². The Morgan fingerprint density at radius 1 is 0.966 bits per heavy atom. The molecule has 0 aliphatic carbocycles. The van der Waals surface area contributed by atoms with Crippen molar-refractivity contribution in [1.82, 2.24) is 4.90 Å². The standard InChI is InChI=1S/C23H27NO5/c1-2-28-22-14-13-21(25)20(17-27-15-18-9-5-3-6-10-18)24(22)23(26)29-16-19-11-7-4-8-12-19/h3-14,20-22,25H,2,15-17H2,1H3/t20-,21+,22-/m1/s1. The fourth-order valence-corrected chi connectivity index (χ4v) is 3.17. The number of aliphatic hydroxyl groups is 1. The Bertz CT molecular complexity index is 780. The normalized spacial score (nSPS) is 21.2. The molecule has 1 heterocycles. The van der Waals surface area contributed by atoms with Gasteiger partial charge in [-0.3, -0.25) is 4.90 Å². The second-order valence-electron chi connectivity index (χ2n) is 6.74. The monoisotopic (exact) mass is 397 g/mol. The van der Waals surface area contributed by atoms with Crippen molar-refractivity contribution in [3.63, 3.8) is 0 Å². The van der Waals surface area contributed by atoms with Gasteiger partial charge in [0.2, 0.25) is 0 Å². The number of benzene rings is 2. The van der Waals surface area contributed by atoms with Gasteiger partial charge < -0.3 is 19.3 Å². The molecule has 2 aromatic carbocycles. The fraction of sp³-hybridized carbons (Fsp3) is 0.348. The summed E-state index contributed by atoms with van der Waals surface area (Å²) in [6.07, 6.45) is 1.27. The first kappa shape index (κ1) is 21.0. The minimum atomic E-state index is -0.869. The molecule has 0 saturated heterocycles. The van der Waals surface area contributed by atoms with E-state index in [4.69, 9.17) is 14.2 Å². The second-order valence-corrected chi connectivity index (χ2v) is 6.74. The van der Waals surface area contributed by atoms with Crippen molar-refractivity contribution in [2.24, 2.45) is 0 Å². The first-order chi connectivity index (χ1) is 14.2. The average molecular weight is 397 g/mol. The quantitative estimate of drug-likeness (QED) is 0.691. The number of ether oxygens (including phenoxy) is 3. The van der Waals surface area contributed by atoms with Gasteiger partial charge >= 0.3 is 6.09 Å². The zero-order valence-corrected chi connectivity index (χ0v) is 16.5. The van der Waals surface area contributed by atoms with Crippen molar-refractivity contribution < 1.29 is 24.1 Å². The molecule has 1 amide bonds. The molecular weight excluding hydrogens is 370 g/mol. The zero-order chi connectivity index (χ0) is 20.5. The topological polar surface area (TPSA) is 68.2 Å². The Hall–Kier alpha value is -2.67. The lowest BCUT2D eigenvalue weighted by molar-refractivity contribution is -0.0876. The molecule has 6 nitrogen and oxygen atoms in total. The van der Waals surface area contributed by atoms with Gasteiger partial charge in [-0.1, -0.05) is 66.7 Å². The number of hydrogen-bond donors (Lipinski definition) is 1. The van der Waals surface area contributed by atoms with Crippen molar-refractivity contribution in [1.29, 1.82) is 0 Å². The summed E-state index contributed by atoms with van der Waals surface area (Å²) in [5.41, 5.74) is 1.91. The molecular formula is C23H27NO5. The van der Waals surface area contributed by atoms with Crippen molar-refractivity contribution in [3.8, 4) is 0 Å². The van der Waals surface area contributed by atoms with Crippen LogP contribution in [0.5, 0.6) is 0 Å². The van der Waals surface area contributed by atoms with Gasteiger partial charge in [0.15, 0.2) is 6.23 Å². The predicted molar refractivity (Wildman–Crippen MR) is 109 cm³/mol. The molecule has 6 heteroatoms. The van der Waals surface area contributed by atoms with Crippen LogP contribution in [0.25, 0.3) is 0 Å². The molecule has 29 heavy (non-hydrogen) atoms. The molecule has 0 fully saturated rings. The van der Waals surface area contributed by atoms with E-state index in [9.17, 15) is 9.90 Å². The van der Waals surface area contributed by atoms with E-state index < -0.39 is 24.5 Å². The van der Waals surface area contributed by atoms with Crippen molar-refractivity contribution in [2.75, 3.05) is 13.2 Å². The van der Waals surface area contributed by atoms with Gasteiger partial charge in [0.25, 0.3) is 0 Å². The Labute approximate surface area is 171 Å². The van der Waals surface area contributed by atoms with Crippen LogP contribution in [0.1, 0.15) is 18.1 Å². The van der Waals surface area contributed by atoms with E-state index >= 15 is 0 Å². The van der Waals surface area contributed by atoms with E-state index in [-0.39, 0.29) is 13.2 Å². The summed E-state index contributed by atoms with van der Waals surface area (Å²) >= 11 is 0. The summed E-state index contributed by atoms with van der Waals surface area (Å²) in [6.45, 7) is 2.97. The Balaban J connectivity index is 1.66. The Kier molecular flexibility index (Phi) is 7.81. The highest BCUT2D eigenvalue weighted by Gasteiger charge is 2.38. The predicted octanol–water partition coefficient (Wildman–Crippen LogP) is 3.50. The fourth-order valence-electron chi connectivity index (χ4n) is 3.17. The smallest absolute Gasteiger partial charge is 0.412 e. The van der Waals surface area contributed by atoms with Crippen molar-refractivity contribution >= 4 is 6.09 Å². The summed E-state index contributed by atoms with van der Waals surface area (Å²) in [5.74, 6) is 0. The summed E-state index contributed by atoms with van der Waals surface area (Å²) in [7, 11) is 0. The maximum absolute atomic E-state index is 12.9. The highest BCUT2D eigenvalue weighted by molar-refractivity contribution is 5.69. The molecule has 154 valence electrons. The first-order valence-electron chi connectivity index (χ1n) is 9.77. The lowest BCUT2D eigenvalue weighted by atomic mass is 10.1. The number of rotatable bonds is 8. The number of carbonyl (C=O) groups is 1. The number of hydrogen-bond acceptors (Lipinski definition) is 5. The highest BCUT2D eigenvalue weighted by atomic mass is 16.6. The molecule has 1 aliphatic rings. The minimum absolute atomic E-state index is 0.145. The first-order valence-corrected chi connectivity index (χ1v) is 9.77. The molecule has 3 atom stereocenters. The average Bonchev–Trinajstić information content (AvgIpc) is 2.76. The van der Waals surface area contributed by atoms with Gasteiger partial charge in [0.1, 0.15) is 6.61 Å². The largest absolute Gasteiger partial charge is 0.444 e. The van der Waals surface area contributed by atoms with E-state index in [0.29, 0.717) is 13.2 Å². The number of aliphatic hydroxyl groups excluding tert-OH is 1. The van der Waals surface area contributed by atoms with Crippen LogP contribution in [0.3, 0.4) is 0 Å². The van der Waals surface area contributed by atoms with Gasteiger partial charge in [-0.05, 0) is 24.1 Å². The second kappa shape index (κ2) is 10.8. The maximum Gasteiger partial charge on any atom is 0.412 e. The number of carbonyl (C=O) groups excluding carboxylic acids is 1. The van der Waals surface area contributed by atoms with Crippen LogP contribution in [-0.4, -0.2) is 47.7 Å². The molecule has 0 spiro atoms. The van der Waals surface area contributed by atoms with Crippen molar-refractivity contribution in [3.05, 3.63) is 83.9 Å². The highest BCUT2D eigenvalue weighted by Crippen LogP contribution is 2.22. The summed E-state index contributed by atoms with van der Waals surface area (Å²) in [5, 5.41) is 10.5. The van der Waals surface area contributed by atoms with E-state index in [1.165, 1.54) is 4.90 Å². The van der Waals surface area contributed by atoms with Crippen molar-refractivity contribution in [2.45, 2.75) is 38.5 Å². The van der Waals surface area contributed by atoms with Gasteiger partial charge in [-0.25, -0.2) is 4.79 Å². The lowest BCUT2D eigenvalue weighted by Gasteiger charge is -2.40. The third-order valence-corrected chi connectivity index (χ3v) is 4.65. The van der Waals surface area contributed by atoms with Crippen LogP contribution in [0.2, 0.25) is 0 Å². The summed E-state index contributed by atoms with van der Waals surface area (Å²) in [4.78, 5) is 14.3. The molecule has 3 rings (SSSR count). The minimum Gasteiger partial charge on any atom is -0.444 e. The van der Waals surface area contributed by atoms with E-state index in [1.807, 2.05) is 67.6 Å². The van der Waals surface area contributed by atoms with Crippen LogP contribution in [0, 0.1) is 0 Å². The number of nitrogens with zero attached hydrogens (tertiary/aromatic N) is 1. The number of amides is 1. The van der Waals surface area contributed by atoms with Gasteiger partial charge in [-0.15, -0.1) is 0 Å². The molecule has 0 radical (unpaired) electrons. The molecule has 0 bridgehead atoms. The van der Waals surface area contributed by atoms with Crippen LogP contribution in [0.15, 0.2) is 72.8 Å². The summed E-state index contributed by atoms with van der Waals surface area (Å²) in [6, 6.07) is 18.6. The molecule has 0 unspecified atom stereocenters. The Morgan fingerprint density at radius 2 is 1.59 bits per heavy atom. The maximum atomic E-state index is 12.9. The zero-order valence-electron chi connectivity index (χ0n) is 16.5. The molecule has 2 aromatic rings. The molecule has 0 aromatic heterocycles. The van der Waals surface area contributed by atoms with E-state index in [1.54, 1.807) is 12.2 Å². The van der Waals surface area contributed by atoms with Gasteiger partial charge in [-0.2, -0.15) is 0 Å². The van der Waals surface area contributed by atoms with Crippen LogP contribution >= 0.6 is 0 Å². The molecule has 0 saturated carbocycles.